The first kappa shape index (κ1) is 25.4. The Morgan fingerprint density at radius 1 is 0.933 bits per heavy atom. The molecule has 162 valence electrons. The van der Waals surface area contributed by atoms with Gasteiger partial charge in [-0.2, -0.15) is 0 Å². The predicted octanol–water partition coefficient (Wildman–Crippen LogP) is 2.87. The molecule has 0 aliphatic carbocycles. The van der Waals surface area contributed by atoms with E-state index in [1.54, 1.807) is 26.0 Å². The second-order valence-corrected chi connectivity index (χ2v) is 6.88. The average Bonchev–Trinajstić information content (AvgIpc) is 2.71. The van der Waals surface area contributed by atoms with Crippen LogP contribution in [0.25, 0.3) is 0 Å². The molecule has 0 fully saturated rings. The summed E-state index contributed by atoms with van der Waals surface area (Å²) >= 11 is 0. The molecular formula is C22H30IN5O2. The molecule has 0 aliphatic heterocycles. The molecule has 30 heavy (non-hydrogen) atoms. The van der Waals surface area contributed by atoms with Crippen molar-refractivity contribution < 1.29 is 9.59 Å². The summed E-state index contributed by atoms with van der Waals surface area (Å²) in [4.78, 5) is 28.8. The summed E-state index contributed by atoms with van der Waals surface area (Å²) in [6, 6.07) is 15.3. The van der Waals surface area contributed by atoms with Gasteiger partial charge in [-0.25, -0.2) is 0 Å². The molecule has 2 aromatic carbocycles. The van der Waals surface area contributed by atoms with Crippen LogP contribution < -0.4 is 16.0 Å². The van der Waals surface area contributed by atoms with E-state index in [1.165, 1.54) is 12.5 Å². The van der Waals surface area contributed by atoms with E-state index in [0.717, 1.165) is 24.2 Å². The minimum atomic E-state index is -0.0757. The average molecular weight is 523 g/mol. The Labute approximate surface area is 195 Å². The number of aliphatic imine (C=N–C) groups is 1. The number of anilines is 1. The minimum absolute atomic E-state index is 0. The normalized spacial score (nSPS) is 10.6. The Bertz CT molecular complexity index is 849. The standard InChI is InChI=1S/C22H29N5O2.HI/c1-16(28)26-20-11-7-17(8-12-20)13-14-24-22(23-2)25-15-18-5-9-19(10-6-18)21(29)27(3)4;/h5-12H,13-15H2,1-4H3,(H,26,28)(H2,23,24,25);1H. The van der Waals surface area contributed by atoms with Crippen LogP contribution in [-0.4, -0.2) is 50.4 Å². The zero-order valence-corrected chi connectivity index (χ0v) is 20.2. The summed E-state index contributed by atoms with van der Waals surface area (Å²) in [7, 11) is 5.21. The number of nitrogens with zero attached hydrogens (tertiary/aromatic N) is 2. The molecule has 3 N–H and O–H groups in total. The summed E-state index contributed by atoms with van der Waals surface area (Å²) < 4.78 is 0. The van der Waals surface area contributed by atoms with Crippen LogP contribution in [0.3, 0.4) is 0 Å². The van der Waals surface area contributed by atoms with E-state index in [-0.39, 0.29) is 35.8 Å². The van der Waals surface area contributed by atoms with Gasteiger partial charge in [0.05, 0.1) is 0 Å². The van der Waals surface area contributed by atoms with Gasteiger partial charge < -0.3 is 20.9 Å². The van der Waals surface area contributed by atoms with Crippen molar-refractivity contribution in [2.45, 2.75) is 19.9 Å². The first-order valence-corrected chi connectivity index (χ1v) is 9.50. The third kappa shape index (κ3) is 8.40. The molecule has 0 radical (unpaired) electrons. The monoisotopic (exact) mass is 523 g/mol. The van der Waals surface area contributed by atoms with Crippen molar-refractivity contribution in [1.82, 2.24) is 15.5 Å². The van der Waals surface area contributed by atoms with Gasteiger partial charge >= 0.3 is 0 Å². The topological polar surface area (TPSA) is 85.8 Å². The van der Waals surface area contributed by atoms with Gasteiger partial charge in [0.15, 0.2) is 5.96 Å². The van der Waals surface area contributed by atoms with Crippen molar-refractivity contribution in [1.29, 1.82) is 0 Å². The second-order valence-electron chi connectivity index (χ2n) is 6.88. The molecule has 0 saturated carbocycles. The molecule has 0 bridgehead atoms. The van der Waals surface area contributed by atoms with Gasteiger partial charge in [0.1, 0.15) is 0 Å². The summed E-state index contributed by atoms with van der Waals surface area (Å²) in [6.45, 7) is 2.84. The highest BCUT2D eigenvalue weighted by molar-refractivity contribution is 14.0. The second kappa shape index (κ2) is 12.8. The van der Waals surface area contributed by atoms with Gasteiger partial charge in [0.2, 0.25) is 5.91 Å². The maximum absolute atomic E-state index is 11.9. The van der Waals surface area contributed by atoms with E-state index in [2.05, 4.69) is 20.9 Å². The number of benzene rings is 2. The van der Waals surface area contributed by atoms with E-state index in [9.17, 15) is 9.59 Å². The lowest BCUT2D eigenvalue weighted by atomic mass is 10.1. The van der Waals surface area contributed by atoms with Crippen molar-refractivity contribution in [3.63, 3.8) is 0 Å². The van der Waals surface area contributed by atoms with Crippen LogP contribution in [0.1, 0.15) is 28.4 Å². The first-order valence-electron chi connectivity index (χ1n) is 9.50. The number of rotatable bonds is 7. The third-order valence-corrected chi connectivity index (χ3v) is 4.27. The van der Waals surface area contributed by atoms with E-state index >= 15 is 0 Å². The molecule has 0 spiro atoms. The molecule has 7 nitrogen and oxygen atoms in total. The zero-order valence-electron chi connectivity index (χ0n) is 17.9. The van der Waals surface area contributed by atoms with Crippen molar-refractivity contribution in [2.75, 3.05) is 33.0 Å². The van der Waals surface area contributed by atoms with Gasteiger partial charge in [-0.3, -0.25) is 14.6 Å². The van der Waals surface area contributed by atoms with E-state index in [0.29, 0.717) is 18.1 Å². The summed E-state index contributed by atoms with van der Waals surface area (Å²) in [6.07, 6.45) is 0.836. The maximum Gasteiger partial charge on any atom is 0.253 e. The van der Waals surface area contributed by atoms with Crippen LogP contribution in [0.2, 0.25) is 0 Å². The molecule has 0 aliphatic rings. The molecule has 0 aromatic heterocycles. The van der Waals surface area contributed by atoms with Gasteiger partial charge in [-0.05, 0) is 41.8 Å². The zero-order chi connectivity index (χ0) is 21.2. The Kier molecular flexibility index (Phi) is 10.9. The van der Waals surface area contributed by atoms with Gasteiger partial charge in [-0.15, -0.1) is 24.0 Å². The fraction of sp³-hybridized carbons (Fsp3) is 0.318. The van der Waals surface area contributed by atoms with Gasteiger partial charge in [0, 0.05) is 52.4 Å². The van der Waals surface area contributed by atoms with Crippen LogP contribution in [0.4, 0.5) is 5.69 Å². The fourth-order valence-corrected chi connectivity index (χ4v) is 2.71. The van der Waals surface area contributed by atoms with Crippen LogP contribution in [-0.2, 0) is 17.8 Å². The number of guanidine groups is 1. The Morgan fingerprint density at radius 2 is 1.53 bits per heavy atom. The van der Waals surface area contributed by atoms with Crippen molar-refractivity contribution >= 4 is 47.4 Å². The molecule has 0 saturated heterocycles. The van der Waals surface area contributed by atoms with Crippen LogP contribution in [0.5, 0.6) is 0 Å². The van der Waals surface area contributed by atoms with E-state index in [1.807, 2.05) is 48.5 Å². The number of amides is 2. The SMILES string of the molecule is CN=C(NCCc1ccc(NC(C)=O)cc1)NCc1ccc(C(=O)N(C)C)cc1.I. The van der Waals surface area contributed by atoms with Crippen molar-refractivity contribution in [3.8, 4) is 0 Å². The lowest BCUT2D eigenvalue weighted by Gasteiger charge is -2.13. The van der Waals surface area contributed by atoms with Gasteiger partial charge in [-0.1, -0.05) is 24.3 Å². The Balaban J connectivity index is 0.00000450. The van der Waals surface area contributed by atoms with E-state index < -0.39 is 0 Å². The summed E-state index contributed by atoms with van der Waals surface area (Å²) in [5.41, 5.74) is 3.70. The lowest BCUT2D eigenvalue weighted by molar-refractivity contribution is -0.114. The maximum atomic E-state index is 11.9. The fourth-order valence-electron chi connectivity index (χ4n) is 2.71. The largest absolute Gasteiger partial charge is 0.356 e. The quantitative estimate of drug-likeness (QED) is 0.296. The van der Waals surface area contributed by atoms with Crippen molar-refractivity contribution in [2.24, 2.45) is 4.99 Å². The molecular weight excluding hydrogens is 493 g/mol. The van der Waals surface area contributed by atoms with Gasteiger partial charge in [0.25, 0.3) is 5.91 Å². The highest BCUT2D eigenvalue weighted by Crippen LogP contribution is 2.10. The molecule has 2 rings (SSSR count). The summed E-state index contributed by atoms with van der Waals surface area (Å²) in [5, 5.41) is 9.32. The Hall–Kier alpha value is -2.62. The minimum Gasteiger partial charge on any atom is -0.356 e. The number of carbonyl (C=O) groups excluding carboxylic acids is 2. The highest BCUT2D eigenvalue weighted by Gasteiger charge is 2.07. The molecule has 0 atom stereocenters. The number of hydrogen-bond donors (Lipinski definition) is 3. The van der Waals surface area contributed by atoms with Crippen LogP contribution in [0, 0.1) is 0 Å². The summed E-state index contributed by atoms with van der Waals surface area (Å²) in [5.74, 6) is 0.633. The number of carbonyl (C=O) groups is 2. The molecule has 2 amide bonds. The van der Waals surface area contributed by atoms with Crippen molar-refractivity contribution in [3.05, 3.63) is 65.2 Å². The Morgan fingerprint density at radius 3 is 2.07 bits per heavy atom. The number of halogens is 1. The third-order valence-electron chi connectivity index (χ3n) is 4.27. The smallest absolute Gasteiger partial charge is 0.253 e. The van der Waals surface area contributed by atoms with Crippen LogP contribution >= 0.6 is 24.0 Å². The number of nitrogens with one attached hydrogen (secondary N) is 3. The lowest BCUT2D eigenvalue weighted by Crippen LogP contribution is -2.37. The molecule has 2 aromatic rings. The highest BCUT2D eigenvalue weighted by atomic mass is 127. The van der Waals surface area contributed by atoms with E-state index in [4.69, 9.17) is 0 Å². The number of hydrogen-bond acceptors (Lipinski definition) is 3. The molecule has 8 heteroatoms. The van der Waals surface area contributed by atoms with Crippen LogP contribution in [0.15, 0.2) is 53.5 Å². The molecule has 0 heterocycles. The first-order chi connectivity index (χ1) is 13.9. The predicted molar refractivity (Wildman–Crippen MR) is 133 cm³/mol. The molecule has 0 unspecified atom stereocenters.